The van der Waals surface area contributed by atoms with Gasteiger partial charge in [0, 0.05) is 19.2 Å². The van der Waals surface area contributed by atoms with Crippen LogP contribution >= 0.6 is 0 Å². The molecule has 7 nitrogen and oxygen atoms in total. The molecule has 1 saturated heterocycles. The number of β-amino-alcohol motifs (C(OH)–C–C–N with tert-alkyl or cyclic N) is 1. The van der Waals surface area contributed by atoms with Gasteiger partial charge in [0.1, 0.15) is 11.8 Å². The summed E-state index contributed by atoms with van der Waals surface area (Å²) in [6.07, 6.45) is -0.0810. The second kappa shape index (κ2) is 4.38. The normalized spacial score (nSPS) is 25.8. The zero-order valence-electron chi connectivity index (χ0n) is 8.66. The standard InChI is InChI=1S/C8H13NO6S/c1-16(14,15)4-7(11)9-3-5(10)2-6(9)8(12)13/h5-6,10H,2-4H2,1H3,(H,12,13)/t5-,6+/m1/s1. The lowest BCUT2D eigenvalue weighted by atomic mass is 10.2. The molecule has 1 aliphatic heterocycles. The van der Waals surface area contributed by atoms with Crippen LogP contribution in [0.1, 0.15) is 6.42 Å². The van der Waals surface area contributed by atoms with E-state index in [0.717, 1.165) is 11.2 Å². The molecule has 0 aromatic rings. The van der Waals surface area contributed by atoms with Crippen LogP contribution in [0.25, 0.3) is 0 Å². The minimum atomic E-state index is -3.49. The monoisotopic (exact) mass is 251 g/mol. The smallest absolute Gasteiger partial charge is 0.326 e. The van der Waals surface area contributed by atoms with Crippen LogP contribution in [0.3, 0.4) is 0 Å². The average molecular weight is 251 g/mol. The summed E-state index contributed by atoms with van der Waals surface area (Å²) < 4.78 is 21.8. The first-order valence-electron chi connectivity index (χ1n) is 4.59. The third kappa shape index (κ3) is 3.17. The number of carboxylic acids is 1. The zero-order valence-corrected chi connectivity index (χ0v) is 9.48. The molecule has 1 amide bonds. The Hall–Kier alpha value is -1.15. The molecule has 0 bridgehead atoms. The van der Waals surface area contributed by atoms with E-state index in [1.165, 1.54) is 0 Å². The van der Waals surface area contributed by atoms with E-state index in [9.17, 15) is 23.1 Å². The SMILES string of the molecule is CS(=O)(=O)CC(=O)N1C[C@H](O)C[C@H]1C(=O)O. The van der Waals surface area contributed by atoms with Crippen molar-refractivity contribution in [1.82, 2.24) is 4.90 Å². The van der Waals surface area contributed by atoms with Gasteiger partial charge in [0.05, 0.1) is 6.10 Å². The molecular formula is C8H13NO6S. The van der Waals surface area contributed by atoms with E-state index >= 15 is 0 Å². The van der Waals surface area contributed by atoms with Crippen molar-refractivity contribution in [2.75, 3.05) is 18.6 Å². The van der Waals surface area contributed by atoms with Crippen molar-refractivity contribution in [2.45, 2.75) is 18.6 Å². The van der Waals surface area contributed by atoms with Crippen LogP contribution in [0.15, 0.2) is 0 Å². The van der Waals surface area contributed by atoms with E-state index in [2.05, 4.69) is 0 Å². The number of aliphatic hydroxyl groups excluding tert-OH is 1. The van der Waals surface area contributed by atoms with Crippen LogP contribution in [-0.4, -0.2) is 66.1 Å². The Morgan fingerprint density at radius 2 is 2.00 bits per heavy atom. The van der Waals surface area contributed by atoms with Crippen LogP contribution in [-0.2, 0) is 19.4 Å². The summed E-state index contributed by atoms with van der Waals surface area (Å²) in [4.78, 5) is 23.2. The van der Waals surface area contributed by atoms with E-state index in [1.54, 1.807) is 0 Å². The topological polar surface area (TPSA) is 112 Å². The van der Waals surface area contributed by atoms with Crippen LogP contribution < -0.4 is 0 Å². The molecule has 1 rings (SSSR count). The number of aliphatic hydroxyl groups is 1. The van der Waals surface area contributed by atoms with E-state index in [1.807, 2.05) is 0 Å². The van der Waals surface area contributed by atoms with Gasteiger partial charge in [-0.25, -0.2) is 13.2 Å². The third-order valence-electron chi connectivity index (χ3n) is 2.27. The highest BCUT2D eigenvalue weighted by molar-refractivity contribution is 7.91. The number of hydrogen-bond donors (Lipinski definition) is 2. The number of likely N-dealkylation sites (tertiary alicyclic amines) is 1. The largest absolute Gasteiger partial charge is 0.480 e. The van der Waals surface area contributed by atoms with Crippen LogP contribution in [0.5, 0.6) is 0 Å². The summed E-state index contributed by atoms with van der Waals surface area (Å²) in [5.41, 5.74) is 0. The van der Waals surface area contributed by atoms with Gasteiger partial charge >= 0.3 is 5.97 Å². The average Bonchev–Trinajstić information content (AvgIpc) is 2.44. The molecule has 0 spiro atoms. The number of aliphatic carboxylic acids is 1. The Labute approximate surface area is 92.6 Å². The van der Waals surface area contributed by atoms with Crippen molar-refractivity contribution in [1.29, 1.82) is 0 Å². The summed E-state index contributed by atoms with van der Waals surface area (Å²) in [6, 6.07) is -1.13. The number of amides is 1. The zero-order chi connectivity index (χ0) is 12.5. The van der Waals surface area contributed by atoms with Gasteiger partial charge in [-0.15, -0.1) is 0 Å². The highest BCUT2D eigenvalue weighted by atomic mass is 32.2. The molecular weight excluding hydrogens is 238 g/mol. The highest BCUT2D eigenvalue weighted by Crippen LogP contribution is 2.18. The maximum Gasteiger partial charge on any atom is 0.326 e. The van der Waals surface area contributed by atoms with E-state index in [0.29, 0.717) is 0 Å². The van der Waals surface area contributed by atoms with Gasteiger partial charge in [-0.3, -0.25) is 4.79 Å². The predicted octanol–water partition coefficient (Wildman–Crippen LogP) is -1.92. The first kappa shape index (κ1) is 12.9. The lowest BCUT2D eigenvalue weighted by Crippen LogP contribution is -2.43. The molecule has 92 valence electrons. The van der Waals surface area contributed by atoms with Gasteiger partial charge < -0.3 is 15.1 Å². The van der Waals surface area contributed by atoms with Gasteiger partial charge in [-0.2, -0.15) is 0 Å². The number of carboxylic acid groups (broad SMARTS) is 1. The molecule has 2 atom stereocenters. The maximum atomic E-state index is 11.5. The summed E-state index contributed by atoms with van der Waals surface area (Å²) in [5, 5.41) is 18.1. The summed E-state index contributed by atoms with van der Waals surface area (Å²) >= 11 is 0. The van der Waals surface area contributed by atoms with Crippen molar-refractivity contribution < 1.29 is 28.2 Å². The second-order valence-corrected chi connectivity index (χ2v) is 6.00. The van der Waals surface area contributed by atoms with E-state index in [4.69, 9.17) is 5.11 Å². The minimum Gasteiger partial charge on any atom is -0.480 e. The Morgan fingerprint density at radius 1 is 1.44 bits per heavy atom. The van der Waals surface area contributed by atoms with Crippen molar-refractivity contribution >= 4 is 21.7 Å². The van der Waals surface area contributed by atoms with Crippen molar-refractivity contribution in [3.63, 3.8) is 0 Å². The molecule has 16 heavy (non-hydrogen) atoms. The van der Waals surface area contributed by atoms with Crippen LogP contribution in [0.2, 0.25) is 0 Å². The third-order valence-corrected chi connectivity index (χ3v) is 3.04. The number of carbonyl (C=O) groups excluding carboxylic acids is 1. The Balaban J connectivity index is 2.79. The molecule has 0 saturated carbocycles. The Morgan fingerprint density at radius 3 is 2.44 bits per heavy atom. The fraction of sp³-hybridized carbons (Fsp3) is 0.750. The number of carbonyl (C=O) groups is 2. The molecule has 8 heteroatoms. The molecule has 2 N–H and O–H groups in total. The molecule has 0 aromatic carbocycles. The van der Waals surface area contributed by atoms with E-state index < -0.39 is 39.6 Å². The number of nitrogens with zero attached hydrogens (tertiary/aromatic N) is 1. The lowest BCUT2D eigenvalue weighted by molar-refractivity contribution is -0.147. The fourth-order valence-corrected chi connectivity index (χ4v) is 2.25. The van der Waals surface area contributed by atoms with Crippen molar-refractivity contribution in [3.05, 3.63) is 0 Å². The number of sulfone groups is 1. The van der Waals surface area contributed by atoms with Gasteiger partial charge in [-0.1, -0.05) is 0 Å². The lowest BCUT2D eigenvalue weighted by Gasteiger charge is -2.20. The van der Waals surface area contributed by atoms with Crippen molar-refractivity contribution in [3.8, 4) is 0 Å². The van der Waals surface area contributed by atoms with Gasteiger partial charge in [0.15, 0.2) is 9.84 Å². The molecule has 1 heterocycles. The first-order chi connectivity index (χ1) is 7.20. The molecule has 0 aliphatic carbocycles. The maximum absolute atomic E-state index is 11.5. The predicted molar refractivity (Wildman–Crippen MR) is 53.5 cm³/mol. The molecule has 0 unspecified atom stereocenters. The Bertz CT molecular complexity index is 403. The molecule has 1 aliphatic rings. The minimum absolute atomic E-state index is 0.0646. The second-order valence-electron chi connectivity index (χ2n) is 3.86. The van der Waals surface area contributed by atoms with Gasteiger partial charge in [0.2, 0.25) is 5.91 Å². The van der Waals surface area contributed by atoms with Gasteiger partial charge in [-0.05, 0) is 0 Å². The summed E-state index contributed by atoms with van der Waals surface area (Å²) in [7, 11) is -3.49. The van der Waals surface area contributed by atoms with Crippen LogP contribution in [0, 0.1) is 0 Å². The fourth-order valence-electron chi connectivity index (χ4n) is 1.63. The van der Waals surface area contributed by atoms with Crippen LogP contribution in [0.4, 0.5) is 0 Å². The summed E-state index contributed by atoms with van der Waals surface area (Å²) in [6.45, 7) is -0.134. The highest BCUT2D eigenvalue weighted by Gasteiger charge is 2.39. The number of rotatable bonds is 3. The Kier molecular flexibility index (Phi) is 3.54. The molecule has 0 radical (unpaired) electrons. The number of hydrogen-bond acceptors (Lipinski definition) is 5. The van der Waals surface area contributed by atoms with Crippen molar-refractivity contribution in [2.24, 2.45) is 0 Å². The quantitative estimate of drug-likeness (QED) is 0.604. The first-order valence-corrected chi connectivity index (χ1v) is 6.65. The summed E-state index contributed by atoms with van der Waals surface area (Å²) in [5.74, 6) is -2.76. The van der Waals surface area contributed by atoms with E-state index in [-0.39, 0.29) is 13.0 Å². The van der Waals surface area contributed by atoms with Gasteiger partial charge in [0.25, 0.3) is 0 Å². The molecule has 1 fully saturated rings. The molecule has 0 aromatic heterocycles.